The fourth-order valence-electron chi connectivity index (χ4n) is 3.69. The third-order valence-corrected chi connectivity index (χ3v) is 5.07. The molecule has 3 aromatic carbocycles. The molecule has 1 heterocycles. The number of hydrogen-bond acceptors (Lipinski definition) is 6. The number of aliphatic hydroxyl groups excluding tert-OH is 1. The first-order valence-corrected chi connectivity index (χ1v) is 9.27. The summed E-state index contributed by atoms with van der Waals surface area (Å²) >= 11 is 0. The molecule has 0 fully saturated rings. The van der Waals surface area contributed by atoms with Crippen LogP contribution in [0.1, 0.15) is 18.6 Å². The van der Waals surface area contributed by atoms with E-state index in [2.05, 4.69) is 0 Å². The van der Waals surface area contributed by atoms with Crippen LogP contribution in [0.3, 0.4) is 0 Å². The first kappa shape index (κ1) is 19.0. The largest absolute Gasteiger partial charge is 0.497 e. The Bertz CT molecular complexity index is 1030. The highest BCUT2D eigenvalue weighted by molar-refractivity contribution is 5.95. The number of aliphatic hydroxyl groups is 1. The number of fused-ring (bicyclic) bond motifs is 1. The molecule has 3 aromatic rings. The third kappa shape index (κ3) is 3.21. The van der Waals surface area contributed by atoms with E-state index in [4.69, 9.17) is 24.7 Å². The minimum atomic E-state index is -0.807. The lowest BCUT2D eigenvalue weighted by Gasteiger charge is -2.21. The summed E-state index contributed by atoms with van der Waals surface area (Å²) in [5.41, 5.74) is 10.8. The van der Waals surface area contributed by atoms with Gasteiger partial charge in [0.2, 0.25) is 6.79 Å². The molecule has 0 amide bonds. The van der Waals surface area contributed by atoms with Crippen LogP contribution in [0.15, 0.2) is 48.5 Å². The van der Waals surface area contributed by atoms with E-state index in [0.29, 0.717) is 28.3 Å². The van der Waals surface area contributed by atoms with Crippen molar-refractivity contribution in [3.8, 4) is 45.3 Å². The average molecular weight is 393 g/mol. The summed E-state index contributed by atoms with van der Waals surface area (Å²) in [6, 6.07) is 15.1. The van der Waals surface area contributed by atoms with Gasteiger partial charge in [0.05, 0.1) is 25.9 Å². The highest BCUT2D eigenvalue weighted by Crippen LogP contribution is 2.54. The van der Waals surface area contributed by atoms with Crippen molar-refractivity contribution in [1.82, 2.24) is 0 Å². The first-order valence-electron chi connectivity index (χ1n) is 9.27. The van der Waals surface area contributed by atoms with Crippen LogP contribution in [0.2, 0.25) is 0 Å². The highest BCUT2D eigenvalue weighted by atomic mass is 16.7. The number of hydrogen-bond donors (Lipinski definition) is 2. The maximum absolute atomic E-state index is 10.6. The minimum absolute atomic E-state index is 0.0876. The number of nitrogens with two attached hydrogens (primary N) is 1. The number of anilines is 1. The molecule has 1 aliphatic rings. The Hall–Kier alpha value is -3.38. The molecular formula is C23H23NO5. The maximum atomic E-state index is 10.6. The molecule has 1 unspecified atom stereocenters. The van der Waals surface area contributed by atoms with Crippen LogP contribution in [0, 0.1) is 0 Å². The van der Waals surface area contributed by atoms with Crippen LogP contribution in [0.5, 0.6) is 23.0 Å². The van der Waals surface area contributed by atoms with Crippen molar-refractivity contribution in [2.45, 2.75) is 13.0 Å². The quantitative estimate of drug-likeness (QED) is 0.625. The molecule has 0 aliphatic carbocycles. The average Bonchev–Trinajstić information content (AvgIpc) is 3.22. The molecule has 29 heavy (non-hydrogen) atoms. The SMILES string of the molecule is COc1ccc(-c2c(N)c(C(C)O)c(-c3ccc(OC)cc3)c3c2OCO3)cc1. The Kier molecular flexibility index (Phi) is 4.94. The molecule has 6 nitrogen and oxygen atoms in total. The molecule has 4 rings (SSSR count). The van der Waals surface area contributed by atoms with E-state index in [1.165, 1.54) is 0 Å². The molecule has 0 saturated heterocycles. The van der Waals surface area contributed by atoms with E-state index in [9.17, 15) is 5.11 Å². The summed E-state index contributed by atoms with van der Waals surface area (Å²) in [7, 11) is 3.24. The highest BCUT2D eigenvalue weighted by Gasteiger charge is 2.31. The van der Waals surface area contributed by atoms with Crippen molar-refractivity contribution >= 4 is 5.69 Å². The fourth-order valence-corrected chi connectivity index (χ4v) is 3.69. The van der Waals surface area contributed by atoms with Crippen molar-refractivity contribution in [2.24, 2.45) is 0 Å². The molecule has 0 saturated carbocycles. The van der Waals surface area contributed by atoms with Crippen molar-refractivity contribution < 1.29 is 24.1 Å². The lowest BCUT2D eigenvalue weighted by Crippen LogP contribution is -2.05. The third-order valence-electron chi connectivity index (χ3n) is 5.07. The summed E-state index contributed by atoms with van der Waals surface area (Å²) in [4.78, 5) is 0. The van der Waals surface area contributed by atoms with E-state index in [0.717, 1.165) is 28.2 Å². The van der Waals surface area contributed by atoms with Crippen molar-refractivity contribution in [1.29, 1.82) is 0 Å². The summed E-state index contributed by atoms with van der Waals surface area (Å²) in [6.45, 7) is 1.78. The zero-order valence-electron chi connectivity index (χ0n) is 16.6. The number of nitrogen functional groups attached to an aromatic ring is 1. The van der Waals surface area contributed by atoms with Gasteiger partial charge in [0, 0.05) is 16.8 Å². The van der Waals surface area contributed by atoms with Crippen LogP contribution in [-0.4, -0.2) is 26.1 Å². The van der Waals surface area contributed by atoms with Gasteiger partial charge in [0.15, 0.2) is 11.5 Å². The van der Waals surface area contributed by atoms with Gasteiger partial charge < -0.3 is 29.8 Å². The van der Waals surface area contributed by atoms with Gasteiger partial charge in [-0.15, -0.1) is 0 Å². The predicted molar refractivity (Wildman–Crippen MR) is 112 cm³/mol. The van der Waals surface area contributed by atoms with Crippen molar-refractivity contribution in [3.63, 3.8) is 0 Å². The lowest BCUT2D eigenvalue weighted by atomic mass is 9.88. The molecule has 1 aliphatic heterocycles. The Morgan fingerprint density at radius 3 is 1.72 bits per heavy atom. The Labute approximate surface area is 169 Å². The second-order valence-electron chi connectivity index (χ2n) is 6.78. The summed E-state index contributed by atoms with van der Waals surface area (Å²) in [6.07, 6.45) is -0.807. The molecule has 0 radical (unpaired) electrons. The van der Waals surface area contributed by atoms with Gasteiger partial charge >= 0.3 is 0 Å². The summed E-state index contributed by atoms with van der Waals surface area (Å²) in [5.74, 6) is 2.63. The molecule has 6 heteroatoms. The van der Waals surface area contributed by atoms with E-state index < -0.39 is 6.10 Å². The van der Waals surface area contributed by atoms with Gasteiger partial charge in [0.25, 0.3) is 0 Å². The maximum Gasteiger partial charge on any atom is 0.231 e. The predicted octanol–water partition coefficient (Wildman–Crippen LogP) is 4.40. The topological polar surface area (TPSA) is 83.2 Å². The molecule has 1 atom stereocenters. The smallest absolute Gasteiger partial charge is 0.231 e. The normalized spacial score (nSPS) is 13.2. The van der Waals surface area contributed by atoms with E-state index in [1.54, 1.807) is 21.1 Å². The number of ether oxygens (including phenoxy) is 4. The van der Waals surface area contributed by atoms with E-state index in [-0.39, 0.29) is 6.79 Å². The van der Waals surface area contributed by atoms with E-state index in [1.807, 2.05) is 48.5 Å². The van der Waals surface area contributed by atoms with Gasteiger partial charge in [-0.3, -0.25) is 0 Å². The second-order valence-corrected chi connectivity index (χ2v) is 6.78. The summed E-state index contributed by atoms with van der Waals surface area (Å²) in [5, 5.41) is 10.6. The van der Waals surface area contributed by atoms with E-state index >= 15 is 0 Å². The minimum Gasteiger partial charge on any atom is -0.497 e. The van der Waals surface area contributed by atoms with Gasteiger partial charge in [-0.25, -0.2) is 0 Å². The number of benzene rings is 3. The number of methoxy groups -OCH3 is 2. The van der Waals surface area contributed by atoms with Crippen LogP contribution >= 0.6 is 0 Å². The molecule has 3 N–H and O–H groups in total. The number of rotatable bonds is 5. The van der Waals surface area contributed by atoms with Gasteiger partial charge in [-0.2, -0.15) is 0 Å². The Balaban J connectivity index is 1.98. The van der Waals surface area contributed by atoms with Crippen LogP contribution in [-0.2, 0) is 0 Å². The molecular weight excluding hydrogens is 370 g/mol. The van der Waals surface area contributed by atoms with Crippen molar-refractivity contribution in [2.75, 3.05) is 26.7 Å². The zero-order chi connectivity index (χ0) is 20.5. The van der Waals surface area contributed by atoms with Crippen LogP contribution < -0.4 is 24.7 Å². The standard InChI is InChI=1S/C23H23NO5/c1-13(25)18-19(14-4-8-16(26-2)9-5-14)22-23(29-12-28-22)20(21(18)24)15-6-10-17(27-3)11-7-15/h4-11,13,25H,12,24H2,1-3H3. The molecule has 0 aromatic heterocycles. The Morgan fingerprint density at radius 1 is 0.828 bits per heavy atom. The van der Waals surface area contributed by atoms with Gasteiger partial charge in [0.1, 0.15) is 11.5 Å². The molecule has 150 valence electrons. The van der Waals surface area contributed by atoms with Gasteiger partial charge in [-0.1, -0.05) is 24.3 Å². The lowest BCUT2D eigenvalue weighted by molar-refractivity contribution is 0.174. The molecule has 0 bridgehead atoms. The first-order chi connectivity index (χ1) is 14.0. The van der Waals surface area contributed by atoms with Gasteiger partial charge in [-0.05, 0) is 42.3 Å². The van der Waals surface area contributed by atoms with Crippen LogP contribution in [0.25, 0.3) is 22.3 Å². The second kappa shape index (κ2) is 7.56. The zero-order valence-corrected chi connectivity index (χ0v) is 16.6. The van der Waals surface area contributed by atoms with Crippen molar-refractivity contribution in [3.05, 3.63) is 54.1 Å². The molecule has 0 spiro atoms. The fraction of sp³-hybridized carbons (Fsp3) is 0.217. The van der Waals surface area contributed by atoms with Crippen LogP contribution in [0.4, 0.5) is 5.69 Å². The monoisotopic (exact) mass is 393 g/mol. The Morgan fingerprint density at radius 2 is 1.28 bits per heavy atom. The summed E-state index contributed by atoms with van der Waals surface area (Å²) < 4.78 is 22.2.